The molecule has 86 valence electrons. The van der Waals surface area contributed by atoms with Crippen molar-refractivity contribution in [3.63, 3.8) is 0 Å². The molecule has 0 aromatic heterocycles. The fourth-order valence-corrected chi connectivity index (χ4v) is 1.38. The first-order valence-corrected chi connectivity index (χ1v) is 5.50. The van der Waals surface area contributed by atoms with Crippen molar-refractivity contribution in [3.8, 4) is 0 Å². The number of hydrogen-bond donors (Lipinski definition) is 1. The van der Waals surface area contributed by atoms with Crippen LogP contribution in [0.4, 0.5) is 0 Å². The van der Waals surface area contributed by atoms with Crippen LogP contribution in [0.25, 0.3) is 0 Å². The van der Waals surface area contributed by atoms with Gasteiger partial charge in [-0.1, -0.05) is 13.8 Å². The van der Waals surface area contributed by atoms with Gasteiger partial charge in [0.15, 0.2) is 0 Å². The molecule has 0 aromatic rings. The van der Waals surface area contributed by atoms with Crippen LogP contribution in [0.1, 0.15) is 27.7 Å². The SMILES string of the molecule is CC(C)CN(CCOCCO)C(C)C. The Labute approximate surface area is 88.1 Å². The maximum Gasteiger partial charge on any atom is 0.0698 e. The van der Waals surface area contributed by atoms with Gasteiger partial charge in [0.05, 0.1) is 19.8 Å². The smallest absolute Gasteiger partial charge is 0.0698 e. The quantitative estimate of drug-likeness (QED) is 0.605. The summed E-state index contributed by atoms with van der Waals surface area (Å²) in [6, 6.07) is 0.565. The highest BCUT2D eigenvalue weighted by Crippen LogP contribution is 2.03. The van der Waals surface area contributed by atoms with Gasteiger partial charge in [-0.25, -0.2) is 0 Å². The lowest BCUT2D eigenvalue weighted by molar-refractivity contribution is 0.0635. The molecule has 1 N–H and O–H groups in total. The van der Waals surface area contributed by atoms with Crippen LogP contribution in [0.2, 0.25) is 0 Å². The zero-order valence-electron chi connectivity index (χ0n) is 9.99. The zero-order valence-corrected chi connectivity index (χ0v) is 9.99. The largest absolute Gasteiger partial charge is 0.394 e. The Morgan fingerprint density at radius 1 is 1.14 bits per heavy atom. The first-order chi connectivity index (χ1) is 6.57. The molecule has 0 rings (SSSR count). The van der Waals surface area contributed by atoms with Gasteiger partial charge >= 0.3 is 0 Å². The van der Waals surface area contributed by atoms with E-state index in [1.165, 1.54) is 0 Å². The van der Waals surface area contributed by atoms with E-state index in [1.54, 1.807) is 0 Å². The minimum atomic E-state index is 0.117. The summed E-state index contributed by atoms with van der Waals surface area (Å²) in [5.74, 6) is 0.690. The Morgan fingerprint density at radius 2 is 1.79 bits per heavy atom. The first-order valence-electron chi connectivity index (χ1n) is 5.50. The van der Waals surface area contributed by atoms with E-state index >= 15 is 0 Å². The van der Waals surface area contributed by atoms with Crippen LogP contribution < -0.4 is 0 Å². The molecule has 0 bridgehead atoms. The van der Waals surface area contributed by atoms with E-state index < -0.39 is 0 Å². The highest BCUT2D eigenvalue weighted by Gasteiger charge is 2.10. The van der Waals surface area contributed by atoms with E-state index in [0.29, 0.717) is 25.2 Å². The monoisotopic (exact) mass is 203 g/mol. The molecule has 0 aliphatic rings. The minimum Gasteiger partial charge on any atom is -0.394 e. The molecular weight excluding hydrogens is 178 g/mol. The normalized spacial score (nSPS) is 12.0. The van der Waals surface area contributed by atoms with Crippen molar-refractivity contribution in [1.29, 1.82) is 0 Å². The third-order valence-electron chi connectivity index (χ3n) is 2.09. The van der Waals surface area contributed by atoms with Crippen molar-refractivity contribution in [2.45, 2.75) is 33.7 Å². The minimum absolute atomic E-state index is 0.117. The number of aliphatic hydroxyl groups excluding tert-OH is 1. The van der Waals surface area contributed by atoms with Gasteiger partial charge in [0.1, 0.15) is 0 Å². The molecule has 0 radical (unpaired) electrons. The topological polar surface area (TPSA) is 32.7 Å². The molecule has 14 heavy (non-hydrogen) atoms. The molecule has 0 spiro atoms. The Hall–Kier alpha value is -0.120. The standard InChI is InChI=1S/C11H25NO2/c1-10(2)9-12(11(3)4)5-7-14-8-6-13/h10-11,13H,5-9H2,1-4H3. The lowest BCUT2D eigenvalue weighted by atomic mass is 10.2. The molecule has 0 atom stereocenters. The molecular formula is C11H25NO2. The molecule has 0 unspecified atom stereocenters. The summed E-state index contributed by atoms with van der Waals surface area (Å²) in [6.45, 7) is 12.2. The van der Waals surface area contributed by atoms with Gasteiger partial charge in [-0.15, -0.1) is 0 Å². The van der Waals surface area contributed by atoms with Crippen molar-refractivity contribution in [3.05, 3.63) is 0 Å². The predicted octanol–water partition coefficient (Wildman–Crippen LogP) is 1.36. The molecule has 0 saturated heterocycles. The zero-order chi connectivity index (χ0) is 11.0. The van der Waals surface area contributed by atoms with Crippen LogP contribution in [-0.2, 0) is 4.74 Å². The molecule has 0 aliphatic carbocycles. The summed E-state index contributed by atoms with van der Waals surface area (Å²) in [5, 5.41) is 8.55. The molecule has 3 heteroatoms. The second-order valence-electron chi connectivity index (χ2n) is 4.32. The van der Waals surface area contributed by atoms with Crippen LogP contribution in [0, 0.1) is 5.92 Å². The van der Waals surface area contributed by atoms with Crippen LogP contribution in [-0.4, -0.2) is 49.0 Å². The van der Waals surface area contributed by atoms with Crippen molar-refractivity contribution in [2.24, 2.45) is 5.92 Å². The maximum absolute atomic E-state index is 8.55. The molecule has 0 aliphatic heterocycles. The maximum atomic E-state index is 8.55. The highest BCUT2D eigenvalue weighted by atomic mass is 16.5. The van der Waals surface area contributed by atoms with Gasteiger partial charge in [0.2, 0.25) is 0 Å². The van der Waals surface area contributed by atoms with E-state index in [0.717, 1.165) is 13.1 Å². The Balaban J connectivity index is 3.63. The van der Waals surface area contributed by atoms with Gasteiger partial charge in [-0.3, -0.25) is 4.90 Å². The van der Waals surface area contributed by atoms with E-state index in [-0.39, 0.29) is 6.61 Å². The van der Waals surface area contributed by atoms with Crippen LogP contribution in [0.15, 0.2) is 0 Å². The molecule has 0 saturated carbocycles. The summed E-state index contributed by atoms with van der Waals surface area (Å²) in [6.07, 6.45) is 0. The van der Waals surface area contributed by atoms with E-state index in [2.05, 4.69) is 32.6 Å². The van der Waals surface area contributed by atoms with Crippen LogP contribution in [0.5, 0.6) is 0 Å². The Morgan fingerprint density at radius 3 is 2.21 bits per heavy atom. The van der Waals surface area contributed by atoms with Crippen LogP contribution in [0.3, 0.4) is 0 Å². The second kappa shape index (κ2) is 8.21. The lowest BCUT2D eigenvalue weighted by Crippen LogP contribution is -2.36. The Kier molecular flexibility index (Phi) is 8.14. The third kappa shape index (κ3) is 7.30. The average Bonchev–Trinajstić information content (AvgIpc) is 2.09. The third-order valence-corrected chi connectivity index (χ3v) is 2.09. The fraction of sp³-hybridized carbons (Fsp3) is 1.00. The highest BCUT2D eigenvalue weighted by molar-refractivity contribution is 4.64. The molecule has 0 heterocycles. The summed E-state index contributed by atoms with van der Waals surface area (Å²) in [4.78, 5) is 2.40. The van der Waals surface area contributed by atoms with Crippen molar-refractivity contribution in [2.75, 3.05) is 32.9 Å². The number of nitrogens with zero attached hydrogens (tertiary/aromatic N) is 1. The van der Waals surface area contributed by atoms with Gasteiger partial charge < -0.3 is 9.84 Å². The van der Waals surface area contributed by atoms with E-state index in [4.69, 9.17) is 9.84 Å². The van der Waals surface area contributed by atoms with E-state index in [1.807, 2.05) is 0 Å². The van der Waals surface area contributed by atoms with E-state index in [9.17, 15) is 0 Å². The number of ether oxygens (including phenoxy) is 1. The molecule has 0 fully saturated rings. The molecule has 0 amide bonds. The molecule has 0 aromatic carbocycles. The van der Waals surface area contributed by atoms with Gasteiger partial charge in [0, 0.05) is 19.1 Å². The lowest BCUT2D eigenvalue weighted by Gasteiger charge is -2.27. The number of aliphatic hydroxyl groups is 1. The van der Waals surface area contributed by atoms with Crippen molar-refractivity contribution >= 4 is 0 Å². The van der Waals surface area contributed by atoms with Crippen LogP contribution >= 0.6 is 0 Å². The summed E-state index contributed by atoms with van der Waals surface area (Å²) >= 11 is 0. The van der Waals surface area contributed by atoms with Crippen molar-refractivity contribution < 1.29 is 9.84 Å². The van der Waals surface area contributed by atoms with Gasteiger partial charge in [0.25, 0.3) is 0 Å². The summed E-state index contributed by atoms with van der Waals surface area (Å²) in [7, 11) is 0. The average molecular weight is 203 g/mol. The Bertz CT molecular complexity index is 126. The summed E-state index contributed by atoms with van der Waals surface area (Å²) in [5.41, 5.74) is 0. The fourth-order valence-electron chi connectivity index (χ4n) is 1.38. The van der Waals surface area contributed by atoms with Crippen molar-refractivity contribution in [1.82, 2.24) is 4.90 Å². The number of hydrogen-bond acceptors (Lipinski definition) is 3. The molecule has 3 nitrogen and oxygen atoms in total. The predicted molar refractivity (Wildman–Crippen MR) is 59.5 cm³/mol. The summed E-state index contributed by atoms with van der Waals surface area (Å²) < 4.78 is 5.25. The van der Waals surface area contributed by atoms with Gasteiger partial charge in [-0.2, -0.15) is 0 Å². The second-order valence-corrected chi connectivity index (χ2v) is 4.32. The number of rotatable bonds is 8. The van der Waals surface area contributed by atoms with Gasteiger partial charge in [-0.05, 0) is 19.8 Å². The first kappa shape index (κ1) is 13.9.